The molecule has 3 N–H and O–H groups in total. The van der Waals surface area contributed by atoms with Crippen LogP contribution in [0, 0.1) is 23.7 Å². The maximum atomic E-state index is 10.8. The highest BCUT2D eigenvalue weighted by molar-refractivity contribution is 5.66. The number of allylic oxidation sites excluding steroid dienone is 2. The van der Waals surface area contributed by atoms with Crippen molar-refractivity contribution in [1.82, 2.24) is 0 Å². The Kier molecular flexibility index (Phi) is 8.45. The largest absolute Gasteiger partial charge is 0.481 e. The number of para-hydroxylation sites is 1. The van der Waals surface area contributed by atoms with Crippen molar-refractivity contribution in [1.29, 1.82) is 0 Å². The van der Waals surface area contributed by atoms with Crippen LogP contribution in [0.2, 0.25) is 0 Å². The second kappa shape index (κ2) is 10.8. The second-order valence-corrected chi connectivity index (χ2v) is 7.77. The lowest BCUT2D eigenvalue weighted by Crippen LogP contribution is -2.09. The van der Waals surface area contributed by atoms with E-state index in [1.807, 2.05) is 13.0 Å². The highest BCUT2D eigenvalue weighted by Gasteiger charge is 2.28. The first-order chi connectivity index (χ1) is 13.0. The van der Waals surface area contributed by atoms with Crippen LogP contribution in [0.25, 0.3) is 0 Å². The molecule has 3 nitrogen and oxygen atoms in total. The number of nitrogens with two attached hydrogens (primary N) is 1. The number of aliphatic carboxylic acids is 1. The van der Waals surface area contributed by atoms with Crippen molar-refractivity contribution in [2.75, 3.05) is 5.73 Å². The average molecular weight is 368 g/mol. The summed E-state index contributed by atoms with van der Waals surface area (Å²) in [5.41, 5.74) is 9.70. The van der Waals surface area contributed by atoms with Crippen LogP contribution in [0.4, 0.5) is 5.69 Å². The molecule has 0 bridgehead atoms. The first kappa shape index (κ1) is 21.1. The van der Waals surface area contributed by atoms with E-state index in [1.54, 1.807) is 0 Å². The van der Waals surface area contributed by atoms with E-state index in [-0.39, 0.29) is 6.42 Å². The van der Waals surface area contributed by atoms with Gasteiger partial charge < -0.3 is 10.8 Å². The van der Waals surface area contributed by atoms with Crippen molar-refractivity contribution >= 4 is 11.7 Å². The number of rotatable bonds is 9. The number of carboxylic acids is 1. The highest BCUT2D eigenvalue weighted by Crippen LogP contribution is 2.43. The minimum atomic E-state index is -0.745. The molecule has 1 aliphatic rings. The van der Waals surface area contributed by atoms with Gasteiger partial charge >= 0.3 is 5.97 Å². The number of carboxylic acid groups (broad SMARTS) is 1. The first-order valence-corrected chi connectivity index (χ1v) is 10.2. The number of hydrogen-bond donors (Lipinski definition) is 2. The minimum absolute atomic E-state index is 0.194. The van der Waals surface area contributed by atoms with Gasteiger partial charge in [0.2, 0.25) is 0 Å². The third kappa shape index (κ3) is 6.47. The molecule has 2 unspecified atom stereocenters. The van der Waals surface area contributed by atoms with Crippen molar-refractivity contribution in [3.8, 4) is 11.8 Å². The molecule has 0 aromatic heterocycles. The molecule has 3 heteroatoms. The summed E-state index contributed by atoms with van der Waals surface area (Å²) in [5, 5.41) is 8.85. The van der Waals surface area contributed by atoms with Crippen molar-refractivity contribution < 1.29 is 9.90 Å². The van der Waals surface area contributed by atoms with Gasteiger partial charge in [0.15, 0.2) is 0 Å². The van der Waals surface area contributed by atoms with Crippen LogP contribution in [-0.2, 0) is 11.2 Å². The summed E-state index contributed by atoms with van der Waals surface area (Å²) in [6.45, 7) is 4.14. The molecule has 1 aromatic carbocycles. The number of hydrogen-bond acceptors (Lipinski definition) is 2. The first-order valence-electron chi connectivity index (χ1n) is 10.2. The predicted molar refractivity (Wildman–Crippen MR) is 112 cm³/mol. The van der Waals surface area contributed by atoms with Gasteiger partial charge in [-0.2, -0.15) is 0 Å². The van der Waals surface area contributed by atoms with Crippen molar-refractivity contribution in [3.63, 3.8) is 0 Å². The van der Waals surface area contributed by atoms with E-state index in [0.29, 0.717) is 24.2 Å². The Bertz CT molecular complexity index is 711. The van der Waals surface area contributed by atoms with Crippen LogP contribution < -0.4 is 5.73 Å². The van der Waals surface area contributed by atoms with E-state index < -0.39 is 5.97 Å². The average Bonchev–Trinajstić information content (AvgIpc) is 3.09. The maximum Gasteiger partial charge on any atom is 0.303 e. The Morgan fingerprint density at radius 3 is 2.96 bits per heavy atom. The molecular weight excluding hydrogens is 334 g/mol. The van der Waals surface area contributed by atoms with Gasteiger partial charge in [-0.15, -0.1) is 11.8 Å². The Balaban J connectivity index is 2.02. The molecule has 27 heavy (non-hydrogen) atoms. The van der Waals surface area contributed by atoms with Crippen molar-refractivity contribution in [3.05, 3.63) is 41.5 Å². The third-order valence-corrected chi connectivity index (χ3v) is 5.58. The summed E-state index contributed by atoms with van der Waals surface area (Å²) in [7, 11) is 0. The molecule has 1 aliphatic carbocycles. The fraction of sp³-hybridized carbons (Fsp3) is 0.542. The molecule has 0 spiro atoms. The molecule has 146 valence electrons. The molecule has 1 saturated carbocycles. The van der Waals surface area contributed by atoms with Crippen molar-refractivity contribution in [2.24, 2.45) is 11.8 Å². The Hall–Kier alpha value is -2.21. The molecule has 0 aliphatic heterocycles. The van der Waals surface area contributed by atoms with Crippen LogP contribution in [0.1, 0.15) is 75.8 Å². The minimum Gasteiger partial charge on any atom is -0.481 e. The smallest absolute Gasteiger partial charge is 0.303 e. The fourth-order valence-electron chi connectivity index (χ4n) is 4.05. The Morgan fingerprint density at radius 2 is 2.22 bits per heavy atom. The lowest BCUT2D eigenvalue weighted by atomic mass is 9.85. The van der Waals surface area contributed by atoms with Gasteiger partial charge in [-0.05, 0) is 67.9 Å². The summed E-state index contributed by atoms with van der Waals surface area (Å²) in [4.78, 5) is 10.8. The van der Waals surface area contributed by atoms with Crippen LogP contribution in [0.3, 0.4) is 0 Å². The molecule has 0 amide bonds. The standard InChI is InChI=1S/C24H33NO2/c1-3-4-9-18(2)10-5-11-19-12-6-15-21(19)22-16-7-13-20(24(22)25)14-8-17-23(26)27/h5,7,11,13,16,18-19,21H,6,8-10,12,14-15,17,25H2,1-2H3,(H,26,27)/b11-5+/t18?,19?,21-/m0/s1. The van der Waals surface area contributed by atoms with Gasteiger partial charge in [0.05, 0.1) is 0 Å². The quantitative estimate of drug-likeness (QED) is 0.341. The summed E-state index contributed by atoms with van der Waals surface area (Å²) < 4.78 is 0. The monoisotopic (exact) mass is 367 g/mol. The van der Waals surface area contributed by atoms with Crippen molar-refractivity contribution in [2.45, 2.75) is 71.1 Å². The number of aryl methyl sites for hydroxylation is 1. The van der Waals surface area contributed by atoms with Crippen LogP contribution in [0.5, 0.6) is 0 Å². The SMILES string of the molecule is CC#CCC(C)C/C=C/C1CCC[C@@H]1c1cccc(CCCC(=O)O)c1N. The molecule has 2 rings (SSSR count). The molecule has 0 radical (unpaired) electrons. The van der Waals surface area contributed by atoms with E-state index in [1.165, 1.54) is 24.8 Å². The maximum absolute atomic E-state index is 10.8. The molecular formula is C24H33NO2. The third-order valence-electron chi connectivity index (χ3n) is 5.58. The number of anilines is 1. The summed E-state index contributed by atoms with van der Waals surface area (Å²) >= 11 is 0. The second-order valence-electron chi connectivity index (χ2n) is 7.77. The van der Waals surface area contributed by atoms with E-state index >= 15 is 0 Å². The Labute approximate surface area is 164 Å². The van der Waals surface area contributed by atoms with Gasteiger partial charge in [0.25, 0.3) is 0 Å². The number of carbonyl (C=O) groups is 1. The predicted octanol–water partition coefficient (Wildman–Crippen LogP) is 5.56. The normalized spacial score (nSPS) is 20.4. The lowest BCUT2D eigenvalue weighted by molar-refractivity contribution is -0.137. The Morgan fingerprint density at radius 1 is 1.41 bits per heavy atom. The van der Waals surface area contributed by atoms with E-state index in [0.717, 1.165) is 30.5 Å². The van der Waals surface area contributed by atoms with Crippen LogP contribution >= 0.6 is 0 Å². The highest BCUT2D eigenvalue weighted by atomic mass is 16.4. The fourth-order valence-corrected chi connectivity index (χ4v) is 4.05. The van der Waals surface area contributed by atoms with Crippen LogP contribution in [-0.4, -0.2) is 11.1 Å². The molecule has 3 atom stereocenters. The van der Waals surface area contributed by atoms with Gasteiger partial charge in [0, 0.05) is 18.5 Å². The summed E-state index contributed by atoms with van der Waals surface area (Å²) in [6.07, 6.45) is 11.9. The zero-order valence-electron chi connectivity index (χ0n) is 16.7. The van der Waals surface area contributed by atoms with E-state index in [4.69, 9.17) is 10.8 Å². The zero-order valence-corrected chi connectivity index (χ0v) is 16.7. The molecule has 1 fully saturated rings. The lowest BCUT2D eigenvalue weighted by Gasteiger charge is -2.21. The van der Waals surface area contributed by atoms with Gasteiger partial charge in [0.1, 0.15) is 0 Å². The van der Waals surface area contributed by atoms with Crippen LogP contribution in [0.15, 0.2) is 30.4 Å². The van der Waals surface area contributed by atoms with E-state index in [2.05, 4.69) is 43.0 Å². The van der Waals surface area contributed by atoms with E-state index in [9.17, 15) is 4.79 Å². The van der Waals surface area contributed by atoms with Gasteiger partial charge in [-0.3, -0.25) is 4.79 Å². The molecule has 0 heterocycles. The number of benzene rings is 1. The zero-order chi connectivity index (χ0) is 19.6. The topological polar surface area (TPSA) is 63.3 Å². The molecule has 1 aromatic rings. The molecule has 0 saturated heterocycles. The van der Waals surface area contributed by atoms with Gasteiger partial charge in [-0.1, -0.05) is 43.7 Å². The summed E-state index contributed by atoms with van der Waals surface area (Å²) in [6, 6.07) is 6.27. The summed E-state index contributed by atoms with van der Waals surface area (Å²) in [5.74, 6) is 7.01. The number of nitrogen functional groups attached to an aromatic ring is 1. The van der Waals surface area contributed by atoms with Gasteiger partial charge in [-0.25, -0.2) is 0 Å².